The molecule has 22 heavy (non-hydrogen) atoms. The fraction of sp³-hybridized carbons (Fsp3) is 0.278. The van der Waals surface area contributed by atoms with Gasteiger partial charge in [0, 0.05) is 24.5 Å². The molecule has 2 aromatic carbocycles. The number of carbonyl (C=O) groups excluding carboxylic acids is 1. The minimum absolute atomic E-state index is 0.0800. The molecule has 1 saturated carbocycles. The van der Waals surface area contributed by atoms with Gasteiger partial charge >= 0.3 is 0 Å². The van der Waals surface area contributed by atoms with E-state index in [4.69, 9.17) is 0 Å². The maximum absolute atomic E-state index is 12.5. The Morgan fingerprint density at radius 3 is 2.50 bits per heavy atom. The van der Waals surface area contributed by atoms with Crippen molar-refractivity contribution in [2.24, 2.45) is 5.92 Å². The Morgan fingerprint density at radius 1 is 1.14 bits per heavy atom. The van der Waals surface area contributed by atoms with Crippen LogP contribution in [0.4, 0.5) is 11.4 Å². The average Bonchev–Trinajstić information content (AvgIpc) is 3.29. The second-order valence-electron chi connectivity index (χ2n) is 5.90. The van der Waals surface area contributed by atoms with E-state index in [1.807, 2.05) is 55.4 Å². The van der Waals surface area contributed by atoms with E-state index in [2.05, 4.69) is 33.4 Å². The van der Waals surface area contributed by atoms with Gasteiger partial charge in [-0.25, -0.2) is 0 Å². The molecule has 0 aliphatic heterocycles. The fourth-order valence-electron chi connectivity index (χ4n) is 2.76. The van der Waals surface area contributed by atoms with Crippen molar-refractivity contribution in [2.75, 3.05) is 24.3 Å². The Balaban J connectivity index is 1.68. The summed E-state index contributed by atoms with van der Waals surface area (Å²) in [5.74, 6) is 0.540. The summed E-state index contributed by atoms with van der Waals surface area (Å²) in [5.41, 5.74) is 3.14. The van der Waals surface area contributed by atoms with Gasteiger partial charge < -0.3 is 10.2 Å². The summed E-state index contributed by atoms with van der Waals surface area (Å²) < 4.78 is 1.07. The number of halogens is 1. The number of para-hydroxylation sites is 2. The van der Waals surface area contributed by atoms with Crippen molar-refractivity contribution >= 4 is 33.2 Å². The monoisotopic (exact) mass is 358 g/mol. The van der Waals surface area contributed by atoms with Crippen LogP contribution >= 0.6 is 15.9 Å². The summed E-state index contributed by atoms with van der Waals surface area (Å²) in [7, 11) is 3.96. The minimum atomic E-state index is 0.0800. The standard InChI is InChI=1S/C18H19BrN2O/c1-21(2)17-6-4-3-5-16(17)20-18(22)15-11-14(15)12-7-9-13(19)10-8-12/h3-10,14-15H,11H2,1-2H3,(H,20,22). The number of benzene rings is 2. The normalized spacial score (nSPS) is 19.6. The maximum atomic E-state index is 12.5. The molecular weight excluding hydrogens is 340 g/mol. The molecule has 1 N–H and O–H groups in total. The van der Waals surface area contributed by atoms with Gasteiger partial charge in [-0.15, -0.1) is 0 Å². The van der Waals surface area contributed by atoms with Crippen LogP contribution in [0.5, 0.6) is 0 Å². The highest BCUT2D eigenvalue weighted by Crippen LogP contribution is 2.48. The predicted molar refractivity (Wildman–Crippen MR) is 94.4 cm³/mol. The first kappa shape index (κ1) is 15.1. The Bertz CT molecular complexity index is 682. The third kappa shape index (κ3) is 3.17. The maximum Gasteiger partial charge on any atom is 0.228 e. The van der Waals surface area contributed by atoms with Gasteiger partial charge in [0.2, 0.25) is 5.91 Å². The summed E-state index contributed by atoms with van der Waals surface area (Å²) >= 11 is 3.44. The van der Waals surface area contributed by atoms with Crippen LogP contribution in [0.15, 0.2) is 53.0 Å². The molecule has 1 aliphatic rings. The van der Waals surface area contributed by atoms with Crippen molar-refractivity contribution in [1.82, 2.24) is 0 Å². The van der Waals surface area contributed by atoms with E-state index < -0.39 is 0 Å². The molecule has 2 atom stereocenters. The lowest BCUT2D eigenvalue weighted by atomic mass is 10.1. The summed E-state index contributed by atoms with van der Waals surface area (Å²) in [6.45, 7) is 0. The van der Waals surface area contributed by atoms with Gasteiger partial charge in [-0.05, 0) is 42.2 Å². The van der Waals surface area contributed by atoms with Crippen LogP contribution in [-0.2, 0) is 4.79 Å². The van der Waals surface area contributed by atoms with Crippen molar-refractivity contribution in [3.63, 3.8) is 0 Å². The summed E-state index contributed by atoms with van der Waals surface area (Å²) in [6, 6.07) is 16.1. The first-order valence-electron chi connectivity index (χ1n) is 7.39. The Hall–Kier alpha value is -1.81. The summed E-state index contributed by atoms with van der Waals surface area (Å²) in [6.07, 6.45) is 0.928. The molecule has 0 aromatic heterocycles. The van der Waals surface area contributed by atoms with Crippen LogP contribution in [0.25, 0.3) is 0 Å². The van der Waals surface area contributed by atoms with E-state index in [0.29, 0.717) is 5.92 Å². The van der Waals surface area contributed by atoms with Crippen LogP contribution in [0.3, 0.4) is 0 Å². The quantitative estimate of drug-likeness (QED) is 0.885. The molecule has 1 amide bonds. The van der Waals surface area contributed by atoms with Crippen molar-refractivity contribution in [1.29, 1.82) is 0 Å². The smallest absolute Gasteiger partial charge is 0.228 e. The van der Waals surface area contributed by atoms with Crippen molar-refractivity contribution in [3.8, 4) is 0 Å². The van der Waals surface area contributed by atoms with Gasteiger partial charge in [0.25, 0.3) is 0 Å². The number of hydrogen-bond donors (Lipinski definition) is 1. The summed E-state index contributed by atoms with van der Waals surface area (Å²) in [4.78, 5) is 14.5. The van der Waals surface area contributed by atoms with Crippen molar-refractivity contribution < 1.29 is 4.79 Å². The molecule has 4 heteroatoms. The number of rotatable bonds is 4. The van der Waals surface area contributed by atoms with Gasteiger partial charge in [-0.1, -0.05) is 40.2 Å². The van der Waals surface area contributed by atoms with Gasteiger partial charge in [-0.2, -0.15) is 0 Å². The molecule has 0 bridgehead atoms. The zero-order valence-corrected chi connectivity index (χ0v) is 14.3. The van der Waals surface area contributed by atoms with E-state index in [-0.39, 0.29) is 11.8 Å². The van der Waals surface area contributed by atoms with E-state index in [0.717, 1.165) is 22.3 Å². The largest absolute Gasteiger partial charge is 0.376 e. The highest BCUT2D eigenvalue weighted by molar-refractivity contribution is 9.10. The number of nitrogens with one attached hydrogen (secondary N) is 1. The van der Waals surface area contributed by atoms with E-state index in [9.17, 15) is 4.79 Å². The molecule has 0 saturated heterocycles. The lowest BCUT2D eigenvalue weighted by Gasteiger charge is -2.17. The first-order valence-corrected chi connectivity index (χ1v) is 8.18. The van der Waals surface area contributed by atoms with Crippen LogP contribution in [0, 0.1) is 5.92 Å². The third-order valence-corrected chi connectivity index (χ3v) is 4.60. The zero-order valence-electron chi connectivity index (χ0n) is 12.7. The molecule has 3 rings (SSSR count). The predicted octanol–water partition coefficient (Wildman–Crippen LogP) is 4.26. The fourth-order valence-corrected chi connectivity index (χ4v) is 3.02. The van der Waals surface area contributed by atoms with Gasteiger partial charge in [0.15, 0.2) is 0 Å². The number of anilines is 2. The molecule has 0 radical (unpaired) electrons. The van der Waals surface area contributed by atoms with Crippen molar-refractivity contribution in [2.45, 2.75) is 12.3 Å². The Morgan fingerprint density at radius 2 is 1.82 bits per heavy atom. The average molecular weight is 359 g/mol. The number of hydrogen-bond acceptors (Lipinski definition) is 2. The molecular formula is C18H19BrN2O. The molecule has 1 aliphatic carbocycles. The second-order valence-corrected chi connectivity index (χ2v) is 6.82. The third-order valence-electron chi connectivity index (χ3n) is 4.07. The van der Waals surface area contributed by atoms with Gasteiger partial charge in [-0.3, -0.25) is 4.79 Å². The van der Waals surface area contributed by atoms with Crippen LogP contribution in [0.2, 0.25) is 0 Å². The Kier molecular flexibility index (Phi) is 4.21. The van der Waals surface area contributed by atoms with E-state index >= 15 is 0 Å². The van der Waals surface area contributed by atoms with E-state index in [1.54, 1.807) is 0 Å². The molecule has 0 spiro atoms. The molecule has 0 heterocycles. The van der Waals surface area contributed by atoms with E-state index in [1.165, 1.54) is 5.56 Å². The second kappa shape index (κ2) is 6.13. The van der Waals surface area contributed by atoms with Crippen LogP contribution in [0.1, 0.15) is 17.9 Å². The zero-order chi connectivity index (χ0) is 15.7. The van der Waals surface area contributed by atoms with Gasteiger partial charge in [0.1, 0.15) is 0 Å². The highest BCUT2D eigenvalue weighted by atomic mass is 79.9. The van der Waals surface area contributed by atoms with Crippen LogP contribution < -0.4 is 10.2 Å². The number of amides is 1. The van der Waals surface area contributed by atoms with Crippen LogP contribution in [-0.4, -0.2) is 20.0 Å². The molecule has 2 unspecified atom stereocenters. The minimum Gasteiger partial charge on any atom is -0.376 e. The Labute approximate surface area is 139 Å². The molecule has 2 aromatic rings. The highest BCUT2D eigenvalue weighted by Gasteiger charge is 2.44. The number of carbonyl (C=O) groups is 1. The van der Waals surface area contributed by atoms with Crippen molar-refractivity contribution in [3.05, 3.63) is 58.6 Å². The topological polar surface area (TPSA) is 32.3 Å². The molecule has 1 fully saturated rings. The summed E-state index contributed by atoms with van der Waals surface area (Å²) in [5, 5.41) is 3.08. The number of nitrogens with zero attached hydrogens (tertiary/aromatic N) is 1. The SMILES string of the molecule is CN(C)c1ccccc1NC(=O)C1CC1c1ccc(Br)cc1. The lowest BCUT2D eigenvalue weighted by molar-refractivity contribution is -0.117. The lowest BCUT2D eigenvalue weighted by Crippen LogP contribution is -2.18. The van der Waals surface area contributed by atoms with Gasteiger partial charge in [0.05, 0.1) is 11.4 Å². The first-order chi connectivity index (χ1) is 10.6. The molecule has 114 valence electrons. The molecule has 3 nitrogen and oxygen atoms in total.